The molecule has 0 bridgehead atoms. The summed E-state index contributed by atoms with van der Waals surface area (Å²) in [4.78, 5) is 21.6. The molecule has 0 fully saturated rings. The maximum absolute atomic E-state index is 19.5. The fraction of sp³-hybridized carbons (Fsp3) is 0.0192. The van der Waals surface area contributed by atoms with E-state index in [1.807, 2.05) is 233 Å². The van der Waals surface area contributed by atoms with Gasteiger partial charge in [0.2, 0.25) is 5.67 Å². The number of aromatic nitrogens is 3. The molecule has 0 unspecified atom stereocenters. The zero-order valence-electron chi connectivity index (χ0n) is 32.1. The third kappa shape index (κ3) is 7.53. The van der Waals surface area contributed by atoms with Crippen LogP contribution < -0.4 is 14.7 Å². The van der Waals surface area contributed by atoms with Crippen LogP contribution in [0.1, 0.15) is 17.1 Å². The Balaban J connectivity index is 1.26. The lowest BCUT2D eigenvalue weighted by molar-refractivity contribution is 0.259. The van der Waals surface area contributed by atoms with E-state index in [1.54, 1.807) is 18.2 Å². The number of nitrogens with zero attached hydrogens (tertiary/aromatic N) is 6. The summed E-state index contributed by atoms with van der Waals surface area (Å²) in [7, 11) is 0. The molecule has 0 amide bonds. The van der Waals surface area contributed by atoms with Crippen LogP contribution >= 0.6 is 0 Å². The Morgan fingerprint density at radius 1 is 0.254 bits per heavy atom. The van der Waals surface area contributed by atoms with Crippen LogP contribution in [0.15, 0.2) is 237 Å². The second-order valence-electron chi connectivity index (χ2n) is 13.8. The molecule has 3 aromatic heterocycles. The molecule has 0 spiro atoms. The number of pyridine rings is 3. The minimum atomic E-state index is -2.43. The third-order valence-electron chi connectivity index (χ3n) is 10.0. The summed E-state index contributed by atoms with van der Waals surface area (Å²) in [5.74, 6) is 1.62. The number of alkyl halides is 1. The molecule has 0 aliphatic carbocycles. The lowest BCUT2D eigenvalue weighted by atomic mass is 9.91. The van der Waals surface area contributed by atoms with Gasteiger partial charge in [0.15, 0.2) is 0 Å². The fourth-order valence-corrected chi connectivity index (χ4v) is 7.32. The average molecular weight is 767 g/mol. The van der Waals surface area contributed by atoms with Crippen molar-refractivity contribution in [2.24, 2.45) is 0 Å². The highest BCUT2D eigenvalue weighted by molar-refractivity contribution is 5.77. The average Bonchev–Trinajstić information content (AvgIpc) is 3.31. The van der Waals surface area contributed by atoms with E-state index in [2.05, 4.69) is 0 Å². The molecule has 7 heteroatoms. The Labute approximate surface area is 343 Å². The van der Waals surface area contributed by atoms with Gasteiger partial charge in [-0.15, -0.1) is 0 Å². The summed E-state index contributed by atoms with van der Waals surface area (Å²) in [6.45, 7) is 0. The molecule has 284 valence electrons. The quantitative estimate of drug-likeness (QED) is 0.123. The minimum Gasteiger partial charge on any atom is -0.295 e. The van der Waals surface area contributed by atoms with Gasteiger partial charge in [0.25, 0.3) is 0 Å². The van der Waals surface area contributed by atoms with Crippen molar-refractivity contribution in [3.05, 3.63) is 254 Å². The van der Waals surface area contributed by atoms with Crippen molar-refractivity contribution in [1.29, 1.82) is 0 Å². The molecular formula is C52H39FN6. The molecule has 0 saturated carbocycles. The fourth-order valence-electron chi connectivity index (χ4n) is 7.32. The molecule has 0 atom stereocenters. The number of halogens is 1. The lowest BCUT2D eigenvalue weighted by Gasteiger charge is -2.30. The van der Waals surface area contributed by atoms with Gasteiger partial charge in [-0.3, -0.25) is 14.7 Å². The Hall–Kier alpha value is -7.90. The summed E-state index contributed by atoms with van der Waals surface area (Å²) < 4.78 is 19.5. The van der Waals surface area contributed by atoms with Crippen LogP contribution in [-0.4, -0.2) is 15.0 Å². The van der Waals surface area contributed by atoms with Crippen LogP contribution in [-0.2, 0) is 5.67 Å². The summed E-state index contributed by atoms with van der Waals surface area (Å²) in [6.07, 6.45) is 0. The summed E-state index contributed by atoms with van der Waals surface area (Å²) in [5, 5.41) is 0. The largest absolute Gasteiger partial charge is 0.295 e. The standard InChI is InChI=1S/C52H39FN6/c53-52(46-34-19-37-49(54-46)57(40-22-7-1-8-23-40)41-24-9-2-10-25-41,47-35-20-38-50(55-47)58(42-26-11-3-12-27-42)43-28-13-4-14-29-43)48-36-21-39-51(56-48)59(44-30-15-5-16-31-44)45-32-17-6-18-33-45/h1-39H. The highest BCUT2D eigenvalue weighted by Gasteiger charge is 2.42. The number of anilines is 9. The monoisotopic (exact) mass is 766 g/mol. The van der Waals surface area contributed by atoms with Crippen LogP contribution in [0.5, 0.6) is 0 Å². The highest BCUT2D eigenvalue weighted by Crippen LogP contribution is 2.44. The molecule has 3 heterocycles. The summed E-state index contributed by atoms with van der Waals surface area (Å²) in [5.41, 5.74) is 3.29. The zero-order valence-corrected chi connectivity index (χ0v) is 32.1. The lowest BCUT2D eigenvalue weighted by Crippen LogP contribution is -2.29. The van der Waals surface area contributed by atoms with Crippen LogP contribution in [0.3, 0.4) is 0 Å². The van der Waals surface area contributed by atoms with Gasteiger partial charge < -0.3 is 0 Å². The Kier molecular flexibility index (Phi) is 10.4. The van der Waals surface area contributed by atoms with Gasteiger partial charge in [0.1, 0.15) is 17.5 Å². The van der Waals surface area contributed by atoms with E-state index >= 15 is 4.39 Å². The van der Waals surface area contributed by atoms with Crippen molar-refractivity contribution in [1.82, 2.24) is 15.0 Å². The van der Waals surface area contributed by atoms with Crippen molar-refractivity contribution in [2.45, 2.75) is 5.67 Å². The van der Waals surface area contributed by atoms with Crippen LogP contribution in [0.4, 0.5) is 56.0 Å². The predicted octanol–water partition coefficient (Wildman–Crippen LogP) is 13.5. The summed E-state index contributed by atoms with van der Waals surface area (Å²) in [6, 6.07) is 76.2. The van der Waals surface area contributed by atoms with Gasteiger partial charge in [-0.05, 0) is 109 Å². The first-order valence-electron chi connectivity index (χ1n) is 19.5. The van der Waals surface area contributed by atoms with Gasteiger partial charge in [0, 0.05) is 34.1 Å². The number of rotatable bonds is 12. The molecule has 6 aromatic carbocycles. The minimum absolute atomic E-state index is 0.137. The molecule has 0 saturated heterocycles. The van der Waals surface area contributed by atoms with Crippen LogP contribution in [0, 0.1) is 0 Å². The second-order valence-corrected chi connectivity index (χ2v) is 13.8. The maximum Gasteiger partial charge on any atom is 0.236 e. The second kappa shape index (κ2) is 16.7. The van der Waals surface area contributed by atoms with Crippen molar-refractivity contribution in [2.75, 3.05) is 14.7 Å². The van der Waals surface area contributed by atoms with Crippen molar-refractivity contribution >= 4 is 51.6 Å². The Bertz CT molecular complexity index is 2320. The first kappa shape index (κ1) is 36.7. The summed E-state index contributed by atoms with van der Waals surface area (Å²) >= 11 is 0. The topological polar surface area (TPSA) is 48.4 Å². The SMILES string of the molecule is FC(c1cccc(N(c2ccccc2)c2ccccc2)n1)(c1cccc(N(c2ccccc2)c2ccccc2)n1)c1cccc(N(c2ccccc2)c2ccccc2)n1. The number of para-hydroxylation sites is 6. The molecular weight excluding hydrogens is 728 g/mol. The molecule has 0 radical (unpaired) electrons. The number of hydrogen-bond acceptors (Lipinski definition) is 6. The van der Waals surface area contributed by atoms with Crippen molar-refractivity contribution < 1.29 is 4.39 Å². The Morgan fingerprint density at radius 3 is 0.661 bits per heavy atom. The molecule has 59 heavy (non-hydrogen) atoms. The number of hydrogen-bond donors (Lipinski definition) is 0. The van der Waals surface area contributed by atoms with Gasteiger partial charge in [-0.2, -0.15) is 0 Å². The molecule has 0 N–H and O–H groups in total. The van der Waals surface area contributed by atoms with E-state index in [0.717, 1.165) is 34.1 Å². The molecule has 6 nitrogen and oxygen atoms in total. The van der Waals surface area contributed by atoms with Crippen LogP contribution in [0.25, 0.3) is 0 Å². The Morgan fingerprint density at radius 2 is 0.458 bits per heavy atom. The van der Waals surface area contributed by atoms with Gasteiger partial charge in [-0.25, -0.2) is 19.3 Å². The van der Waals surface area contributed by atoms with E-state index in [0.29, 0.717) is 17.5 Å². The number of benzene rings is 6. The molecule has 0 aliphatic heterocycles. The first-order chi connectivity index (χ1) is 29.2. The van der Waals surface area contributed by atoms with E-state index in [9.17, 15) is 0 Å². The molecule has 9 aromatic rings. The highest BCUT2D eigenvalue weighted by atomic mass is 19.1. The van der Waals surface area contributed by atoms with Crippen LogP contribution in [0.2, 0.25) is 0 Å². The van der Waals surface area contributed by atoms with E-state index in [4.69, 9.17) is 15.0 Å². The normalized spacial score (nSPS) is 11.1. The predicted molar refractivity (Wildman–Crippen MR) is 238 cm³/mol. The van der Waals surface area contributed by atoms with Crippen molar-refractivity contribution in [3.63, 3.8) is 0 Å². The molecule has 0 aliphatic rings. The van der Waals surface area contributed by atoms with Gasteiger partial charge >= 0.3 is 0 Å². The zero-order chi connectivity index (χ0) is 39.9. The van der Waals surface area contributed by atoms with E-state index in [-0.39, 0.29) is 17.1 Å². The smallest absolute Gasteiger partial charge is 0.236 e. The third-order valence-corrected chi connectivity index (χ3v) is 10.0. The van der Waals surface area contributed by atoms with E-state index < -0.39 is 5.67 Å². The van der Waals surface area contributed by atoms with Crippen molar-refractivity contribution in [3.8, 4) is 0 Å². The van der Waals surface area contributed by atoms with Gasteiger partial charge in [-0.1, -0.05) is 127 Å². The van der Waals surface area contributed by atoms with Gasteiger partial charge in [0.05, 0.1) is 17.1 Å². The molecule has 9 rings (SSSR count). The first-order valence-corrected chi connectivity index (χ1v) is 19.5. The van der Waals surface area contributed by atoms with E-state index in [1.165, 1.54) is 0 Å². The maximum atomic E-state index is 19.5.